The van der Waals surface area contributed by atoms with Gasteiger partial charge in [0, 0.05) is 44.3 Å². The van der Waals surface area contributed by atoms with Gasteiger partial charge in [0.25, 0.3) is 0 Å². The minimum absolute atomic E-state index is 0.476. The zero-order valence-electron chi connectivity index (χ0n) is 14.7. The topological polar surface area (TPSA) is 28.6 Å². The maximum absolute atomic E-state index is 5.55. The summed E-state index contributed by atoms with van der Waals surface area (Å²) in [6.07, 6.45) is 1.94. The van der Waals surface area contributed by atoms with E-state index in [0.717, 1.165) is 44.0 Å². The standard InChI is InChI=1S/C19H27N3O/c1-14(2)17-5-6-20-19-15(11-16(23-4)12-18(17)19)13-22-9-7-21(3)8-10-22/h5-6,11-12,14H,7-10,13H2,1-4H3. The Labute approximate surface area is 139 Å². The van der Waals surface area contributed by atoms with E-state index < -0.39 is 0 Å². The van der Waals surface area contributed by atoms with Crippen molar-refractivity contribution in [3.8, 4) is 5.75 Å². The number of pyridine rings is 1. The van der Waals surface area contributed by atoms with Crippen LogP contribution in [0, 0.1) is 0 Å². The third kappa shape index (κ3) is 3.48. The minimum Gasteiger partial charge on any atom is -0.497 e. The van der Waals surface area contributed by atoms with Crippen LogP contribution in [0.5, 0.6) is 5.75 Å². The summed E-state index contributed by atoms with van der Waals surface area (Å²) in [5.74, 6) is 1.40. The van der Waals surface area contributed by atoms with Crippen LogP contribution in [0.15, 0.2) is 24.4 Å². The molecule has 1 fully saturated rings. The van der Waals surface area contributed by atoms with Crippen LogP contribution in [0.4, 0.5) is 0 Å². The smallest absolute Gasteiger partial charge is 0.119 e. The molecule has 1 aromatic carbocycles. The van der Waals surface area contributed by atoms with Crippen LogP contribution in [0.1, 0.15) is 30.9 Å². The first-order chi connectivity index (χ1) is 11.1. The first kappa shape index (κ1) is 16.2. The van der Waals surface area contributed by atoms with Gasteiger partial charge in [0.05, 0.1) is 12.6 Å². The molecule has 1 aliphatic rings. The van der Waals surface area contributed by atoms with E-state index >= 15 is 0 Å². The SMILES string of the molecule is COc1cc(CN2CCN(C)CC2)c2nccc(C(C)C)c2c1. The molecule has 4 heteroatoms. The maximum atomic E-state index is 5.55. The first-order valence-electron chi connectivity index (χ1n) is 8.45. The first-order valence-corrected chi connectivity index (χ1v) is 8.45. The van der Waals surface area contributed by atoms with Crippen molar-refractivity contribution in [3.63, 3.8) is 0 Å². The summed E-state index contributed by atoms with van der Waals surface area (Å²) >= 11 is 0. The molecule has 0 spiro atoms. The van der Waals surface area contributed by atoms with Crippen LogP contribution in [0.2, 0.25) is 0 Å². The second-order valence-corrected chi connectivity index (χ2v) is 6.82. The lowest BCUT2D eigenvalue weighted by Gasteiger charge is -2.32. The second-order valence-electron chi connectivity index (χ2n) is 6.82. The van der Waals surface area contributed by atoms with Gasteiger partial charge in [-0.05, 0) is 42.3 Å². The summed E-state index contributed by atoms with van der Waals surface area (Å²) in [6, 6.07) is 6.41. The number of hydrogen-bond donors (Lipinski definition) is 0. The molecular weight excluding hydrogens is 286 g/mol. The van der Waals surface area contributed by atoms with Gasteiger partial charge in [-0.3, -0.25) is 9.88 Å². The lowest BCUT2D eigenvalue weighted by atomic mass is 9.96. The molecule has 3 rings (SSSR count). The Balaban J connectivity index is 2.00. The van der Waals surface area contributed by atoms with Crippen LogP contribution in [-0.2, 0) is 6.54 Å². The molecule has 23 heavy (non-hydrogen) atoms. The summed E-state index contributed by atoms with van der Waals surface area (Å²) in [5, 5.41) is 1.23. The molecule has 1 saturated heterocycles. The van der Waals surface area contributed by atoms with Crippen LogP contribution in [0.25, 0.3) is 10.9 Å². The summed E-state index contributed by atoms with van der Waals surface area (Å²) in [7, 11) is 3.93. The Morgan fingerprint density at radius 2 is 1.91 bits per heavy atom. The van der Waals surface area contributed by atoms with Crippen LogP contribution < -0.4 is 4.74 Å². The van der Waals surface area contributed by atoms with E-state index in [-0.39, 0.29) is 0 Å². The van der Waals surface area contributed by atoms with E-state index in [1.807, 2.05) is 6.20 Å². The highest BCUT2D eigenvalue weighted by Crippen LogP contribution is 2.31. The van der Waals surface area contributed by atoms with Crippen molar-refractivity contribution in [2.45, 2.75) is 26.3 Å². The van der Waals surface area contributed by atoms with Gasteiger partial charge >= 0.3 is 0 Å². The van der Waals surface area contributed by atoms with Crippen LogP contribution in [0.3, 0.4) is 0 Å². The average molecular weight is 313 g/mol. The average Bonchev–Trinajstić information content (AvgIpc) is 2.56. The molecule has 124 valence electrons. The number of nitrogens with zero attached hydrogens (tertiary/aromatic N) is 3. The molecular formula is C19H27N3O. The van der Waals surface area contributed by atoms with Gasteiger partial charge in [0.2, 0.25) is 0 Å². The van der Waals surface area contributed by atoms with E-state index in [0.29, 0.717) is 5.92 Å². The molecule has 0 radical (unpaired) electrons. The number of hydrogen-bond acceptors (Lipinski definition) is 4. The minimum atomic E-state index is 0.476. The van der Waals surface area contributed by atoms with Crippen molar-refractivity contribution in [3.05, 3.63) is 35.5 Å². The van der Waals surface area contributed by atoms with E-state index in [9.17, 15) is 0 Å². The molecule has 0 aliphatic carbocycles. The lowest BCUT2D eigenvalue weighted by molar-refractivity contribution is 0.148. The zero-order chi connectivity index (χ0) is 16.4. The van der Waals surface area contributed by atoms with Gasteiger partial charge in [0.15, 0.2) is 0 Å². The molecule has 1 aromatic heterocycles. The highest BCUT2D eigenvalue weighted by Gasteiger charge is 2.17. The van der Waals surface area contributed by atoms with Gasteiger partial charge in [0.1, 0.15) is 5.75 Å². The van der Waals surface area contributed by atoms with Crippen molar-refractivity contribution in [1.29, 1.82) is 0 Å². The normalized spacial score (nSPS) is 17.1. The van der Waals surface area contributed by atoms with E-state index in [1.165, 1.54) is 16.5 Å². The number of benzene rings is 1. The number of rotatable bonds is 4. The van der Waals surface area contributed by atoms with Gasteiger partial charge in [-0.2, -0.15) is 0 Å². The van der Waals surface area contributed by atoms with Crippen molar-refractivity contribution >= 4 is 10.9 Å². The molecule has 2 heterocycles. The predicted molar refractivity (Wildman–Crippen MR) is 95.2 cm³/mol. The number of aromatic nitrogens is 1. The summed E-state index contributed by atoms with van der Waals surface area (Å²) in [6.45, 7) is 9.89. The Bertz CT molecular complexity index is 676. The second kappa shape index (κ2) is 6.85. The quantitative estimate of drug-likeness (QED) is 0.867. The highest BCUT2D eigenvalue weighted by atomic mass is 16.5. The molecule has 0 amide bonds. The Kier molecular flexibility index (Phi) is 4.83. The molecule has 2 aromatic rings. The molecule has 0 unspecified atom stereocenters. The van der Waals surface area contributed by atoms with Gasteiger partial charge < -0.3 is 9.64 Å². The summed E-state index contributed by atoms with van der Waals surface area (Å²) < 4.78 is 5.55. The molecule has 0 N–H and O–H groups in total. The number of fused-ring (bicyclic) bond motifs is 1. The maximum Gasteiger partial charge on any atom is 0.119 e. The fourth-order valence-electron chi connectivity index (χ4n) is 3.31. The number of likely N-dealkylation sites (N-methyl/N-ethyl adjacent to an activating group) is 1. The summed E-state index contributed by atoms with van der Waals surface area (Å²) in [4.78, 5) is 9.58. The number of ether oxygens (including phenoxy) is 1. The van der Waals surface area contributed by atoms with E-state index in [1.54, 1.807) is 7.11 Å². The fourth-order valence-corrected chi connectivity index (χ4v) is 3.31. The fraction of sp³-hybridized carbons (Fsp3) is 0.526. The van der Waals surface area contributed by atoms with Gasteiger partial charge in [-0.1, -0.05) is 13.8 Å². The molecule has 1 aliphatic heterocycles. The van der Waals surface area contributed by atoms with Crippen molar-refractivity contribution in [2.75, 3.05) is 40.3 Å². The van der Waals surface area contributed by atoms with E-state index in [4.69, 9.17) is 4.74 Å². The molecule has 0 saturated carbocycles. The Morgan fingerprint density at radius 1 is 1.17 bits per heavy atom. The van der Waals surface area contributed by atoms with E-state index in [2.05, 4.69) is 53.9 Å². The van der Waals surface area contributed by atoms with Gasteiger partial charge in [-0.25, -0.2) is 0 Å². The zero-order valence-corrected chi connectivity index (χ0v) is 14.7. The monoisotopic (exact) mass is 313 g/mol. The van der Waals surface area contributed by atoms with Crippen molar-refractivity contribution in [1.82, 2.24) is 14.8 Å². The van der Waals surface area contributed by atoms with Crippen molar-refractivity contribution in [2.24, 2.45) is 0 Å². The van der Waals surface area contributed by atoms with Crippen molar-refractivity contribution < 1.29 is 4.74 Å². The van der Waals surface area contributed by atoms with Crippen LogP contribution >= 0.6 is 0 Å². The Morgan fingerprint density at radius 3 is 2.57 bits per heavy atom. The molecule has 0 bridgehead atoms. The number of piperazine rings is 1. The Hall–Kier alpha value is -1.65. The molecule has 4 nitrogen and oxygen atoms in total. The van der Waals surface area contributed by atoms with Crippen LogP contribution in [-0.4, -0.2) is 55.1 Å². The largest absolute Gasteiger partial charge is 0.497 e. The third-order valence-electron chi connectivity index (χ3n) is 4.78. The van der Waals surface area contributed by atoms with Gasteiger partial charge in [-0.15, -0.1) is 0 Å². The number of methoxy groups -OCH3 is 1. The molecule has 0 atom stereocenters. The summed E-state index contributed by atoms with van der Waals surface area (Å²) in [5.41, 5.74) is 3.73. The highest BCUT2D eigenvalue weighted by molar-refractivity contribution is 5.87. The third-order valence-corrected chi connectivity index (χ3v) is 4.78. The predicted octanol–water partition coefficient (Wildman–Crippen LogP) is 3.11. The lowest BCUT2D eigenvalue weighted by Crippen LogP contribution is -2.43.